The molecule has 1 spiro atoms. The first-order valence-electron chi connectivity index (χ1n) is 13.2. The van der Waals surface area contributed by atoms with Gasteiger partial charge >= 0.3 is 6.03 Å². The second-order valence-electron chi connectivity index (χ2n) is 10.4. The third-order valence-electron chi connectivity index (χ3n) is 8.19. The van der Waals surface area contributed by atoms with Gasteiger partial charge in [-0.15, -0.1) is 0 Å². The molecular weight excluding hydrogens is 487 g/mol. The number of aryl methyl sites for hydroxylation is 1. The summed E-state index contributed by atoms with van der Waals surface area (Å²) in [5.41, 5.74) is 3.14. The van der Waals surface area contributed by atoms with Crippen molar-refractivity contribution in [3.8, 4) is 5.75 Å². The summed E-state index contributed by atoms with van der Waals surface area (Å²) in [6, 6.07) is 11.2. The number of carbonyl (C=O) groups is 2. The zero-order valence-electron chi connectivity index (χ0n) is 22.2. The van der Waals surface area contributed by atoms with Crippen LogP contribution in [0.25, 0.3) is 10.9 Å². The number of methoxy groups -OCH3 is 1. The maximum atomic E-state index is 13.6. The van der Waals surface area contributed by atoms with Crippen LogP contribution in [0.2, 0.25) is 0 Å². The molecule has 2 N–H and O–H groups in total. The molecule has 0 aliphatic carbocycles. The van der Waals surface area contributed by atoms with Crippen LogP contribution >= 0.6 is 0 Å². The first-order chi connectivity index (χ1) is 18.3. The number of nitrogens with zero attached hydrogens (tertiary/aromatic N) is 3. The number of hydrogen-bond donors (Lipinski definition) is 2. The Labute approximate surface area is 222 Å². The van der Waals surface area contributed by atoms with Crippen LogP contribution in [0.1, 0.15) is 49.9 Å². The Bertz CT molecular complexity index is 1360. The number of anilines is 1. The lowest BCUT2D eigenvalue weighted by molar-refractivity contribution is -0.137. The van der Waals surface area contributed by atoms with Crippen molar-refractivity contribution in [2.24, 2.45) is 7.05 Å². The number of urea groups is 1. The molecule has 3 heterocycles. The smallest absolute Gasteiger partial charge is 0.321 e. The number of fused-ring (bicyclic) bond motifs is 4. The van der Waals surface area contributed by atoms with Crippen molar-refractivity contribution in [3.63, 3.8) is 0 Å². The van der Waals surface area contributed by atoms with Crippen LogP contribution in [0.15, 0.2) is 42.5 Å². The number of benzene rings is 2. The Kier molecular flexibility index (Phi) is 7.05. The number of halogens is 1. The van der Waals surface area contributed by atoms with Crippen molar-refractivity contribution in [1.82, 2.24) is 14.4 Å². The highest BCUT2D eigenvalue weighted by Crippen LogP contribution is 2.50. The maximum absolute atomic E-state index is 13.6. The largest absolute Gasteiger partial charge is 0.497 e. The number of piperidine rings is 1. The summed E-state index contributed by atoms with van der Waals surface area (Å²) in [5, 5.41) is 14.4. The molecule has 5 rings (SSSR count). The second kappa shape index (κ2) is 10.3. The van der Waals surface area contributed by atoms with Crippen LogP contribution in [-0.2, 0) is 17.3 Å². The van der Waals surface area contributed by atoms with Gasteiger partial charge in [-0.2, -0.15) is 0 Å². The lowest BCUT2D eigenvalue weighted by Crippen LogP contribution is -2.56. The topological polar surface area (TPSA) is 87.0 Å². The summed E-state index contributed by atoms with van der Waals surface area (Å²) in [4.78, 5) is 29.9. The molecule has 1 aromatic heterocycles. The summed E-state index contributed by atoms with van der Waals surface area (Å²) >= 11 is 0. The molecule has 2 aromatic carbocycles. The lowest BCUT2D eigenvalue weighted by atomic mass is 9.68. The van der Waals surface area contributed by atoms with Crippen molar-refractivity contribution in [2.75, 3.05) is 38.7 Å². The van der Waals surface area contributed by atoms with Crippen molar-refractivity contribution in [3.05, 3.63) is 59.5 Å². The number of likely N-dealkylation sites (tertiary alicyclic amines) is 1. The van der Waals surface area contributed by atoms with E-state index in [-0.39, 0.29) is 24.0 Å². The summed E-state index contributed by atoms with van der Waals surface area (Å²) in [5.74, 6) is 0.372. The van der Waals surface area contributed by atoms with E-state index >= 15 is 0 Å². The maximum Gasteiger partial charge on any atom is 0.321 e. The van der Waals surface area contributed by atoms with Crippen LogP contribution < -0.4 is 10.1 Å². The van der Waals surface area contributed by atoms with E-state index in [1.165, 1.54) is 12.1 Å². The number of aliphatic hydroxyl groups excluding tert-OH is 1. The third kappa shape index (κ3) is 4.38. The van der Waals surface area contributed by atoms with Gasteiger partial charge in [-0.05, 0) is 55.2 Å². The second-order valence-corrected chi connectivity index (χ2v) is 10.4. The average molecular weight is 523 g/mol. The van der Waals surface area contributed by atoms with E-state index < -0.39 is 11.9 Å². The minimum absolute atomic E-state index is 0.0330. The van der Waals surface area contributed by atoms with Crippen molar-refractivity contribution in [1.29, 1.82) is 0 Å². The summed E-state index contributed by atoms with van der Waals surface area (Å²) < 4.78 is 21.2. The number of ether oxygens (including phenoxy) is 1. The normalized spacial score (nSPS) is 18.5. The highest BCUT2D eigenvalue weighted by atomic mass is 19.1. The fourth-order valence-electron chi connectivity index (χ4n) is 6.29. The molecule has 0 saturated carbocycles. The zero-order chi connectivity index (χ0) is 27.0. The van der Waals surface area contributed by atoms with E-state index in [1.807, 2.05) is 31.0 Å². The predicted molar refractivity (Wildman–Crippen MR) is 144 cm³/mol. The van der Waals surface area contributed by atoms with Gasteiger partial charge in [0.05, 0.1) is 25.3 Å². The monoisotopic (exact) mass is 522 g/mol. The lowest BCUT2D eigenvalue weighted by Gasteiger charge is -2.50. The number of aromatic nitrogens is 1. The Hall–Kier alpha value is -3.59. The Morgan fingerprint density at radius 1 is 1.18 bits per heavy atom. The van der Waals surface area contributed by atoms with Crippen molar-refractivity contribution in [2.45, 2.75) is 44.1 Å². The predicted octanol–water partition coefficient (Wildman–Crippen LogP) is 4.57. The van der Waals surface area contributed by atoms with Gasteiger partial charge in [-0.3, -0.25) is 4.79 Å². The number of amides is 3. The van der Waals surface area contributed by atoms with E-state index in [0.29, 0.717) is 44.6 Å². The average Bonchev–Trinajstić information content (AvgIpc) is 3.21. The van der Waals surface area contributed by atoms with E-state index in [4.69, 9.17) is 4.74 Å². The zero-order valence-corrected chi connectivity index (χ0v) is 22.2. The van der Waals surface area contributed by atoms with Gasteiger partial charge in [-0.25, -0.2) is 9.18 Å². The molecule has 0 radical (unpaired) electrons. The minimum Gasteiger partial charge on any atom is -0.497 e. The van der Waals surface area contributed by atoms with Gasteiger partial charge in [0.15, 0.2) is 0 Å². The van der Waals surface area contributed by atoms with Crippen molar-refractivity contribution >= 4 is 28.5 Å². The van der Waals surface area contributed by atoms with E-state index in [2.05, 4.69) is 16.0 Å². The summed E-state index contributed by atoms with van der Waals surface area (Å²) in [7, 11) is 3.62. The molecule has 3 aromatic rings. The Balaban J connectivity index is 1.52. The van der Waals surface area contributed by atoms with Gasteiger partial charge in [0.2, 0.25) is 5.91 Å². The van der Waals surface area contributed by atoms with E-state index in [9.17, 15) is 19.1 Å². The molecule has 1 atom stereocenters. The molecule has 202 valence electrons. The molecule has 38 heavy (non-hydrogen) atoms. The number of aliphatic hydroxyl groups is 1. The SMILES string of the molecule is CCCC(=O)N1CC2(CCN(C(=O)Nc3cccc(F)c3)CC2)c2c(n(C)c3cc(OC)ccc23)[C@H]1CO. The van der Waals surface area contributed by atoms with Gasteiger partial charge in [0.1, 0.15) is 11.6 Å². The molecule has 0 unspecified atom stereocenters. The first kappa shape index (κ1) is 26.0. The molecule has 2 aliphatic rings. The Morgan fingerprint density at radius 2 is 1.95 bits per heavy atom. The Morgan fingerprint density at radius 3 is 2.61 bits per heavy atom. The highest BCUT2D eigenvalue weighted by molar-refractivity contribution is 5.91. The van der Waals surface area contributed by atoms with Crippen LogP contribution in [0.5, 0.6) is 5.75 Å². The molecule has 9 heteroatoms. The number of rotatable bonds is 5. The molecular formula is C29H35FN4O4. The van der Waals surface area contributed by atoms with Crippen LogP contribution in [0.3, 0.4) is 0 Å². The molecule has 1 fully saturated rings. The van der Waals surface area contributed by atoms with Crippen LogP contribution in [-0.4, -0.2) is 64.8 Å². The number of carbonyl (C=O) groups excluding carboxylic acids is 2. The van der Waals surface area contributed by atoms with Crippen molar-refractivity contribution < 1.29 is 23.8 Å². The van der Waals surface area contributed by atoms with Gasteiger partial charge in [0, 0.05) is 61.4 Å². The molecule has 1 saturated heterocycles. The highest BCUT2D eigenvalue weighted by Gasteiger charge is 2.49. The summed E-state index contributed by atoms with van der Waals surface area (Å²) in [6.07, 6.45) is 2.47. The standard InChI is InChI=1S/C29H35FN4O4/c1-4-6-25(36)34-18-29(11-13-33(14-12-29)28(37)31-20-8-5-7-19(30)15-20)26-22-10-9-21(38-3)16-23(22)32(2)27(26)24(34)17-35/h5,7-10,15-16,24,35H,4,6,11-14,17-18H2,1-3H3,(H,31,37)/t24-/m1/s1. The fraction of sp³-hybridized carbons (Fsp3) is 0.448. The number of nitrogens with one attached hydrogen (secondary N) is 1. The van der Waals surface area contributed by atoms with Gasteiger partial charge in [0.25, 0.3) is 0 Å². The van der Waals surface area contributed by atoms with E-state index in [0.717, 1.165) is 34.3 Å². The molecule has 2 aliphatic heterocycles. The van der Waals surface area contributed by atoms with Gasteiger partial charge in [-0.1, -0.05) is 13.0 Å². The van der Waals surface area contributed by atoms with Crippen LogP contribution in [0.4, 0.5) is 14.9 Å². The minimum atomic E-state index is -0.438. The fourth-order valence-corrected chi connectivity index (χ4v) is 6.29. The quantitative estimate of drug-likeness (QED) is 0.514. The third-order valence-corrected chi connectivity index (χ3v) is 8.19. The molecule has 8 nitrogen and oxygen atoms in total. The van der Waals surface area contributed by atoms with E-state index in [1.54, 1.807) is 24.1 Å². The summed E-state index contributed by atoms with van der Waals surface area (Å²) in [6.45, 7) is 3.30. The van der Waals surface area contributed by atoms with Gasteiger partial charge < -0.3 is 29.5 Å². The molecule has 0 bridgehead atoms. The first-order valence-corrected chi connectivity index (χ1v) is 13.2. The van der Waals surface area contributed by atoms with Crippen LogP contribution in [0, 0.1) is 5.82 Å². The number of hydrogen-bond acceptors (Lipinski definition) is 4. The molecule has 3 amide bonds.